The normalized spacial score (nSPS) is 11.8. The molecule has 0 fully saturated rings. The molecule has 0 heterocycles. The zero-order chi connectivity index (χ0) is 18.1. The molecule has 0 aliphatic carbocycles. The molecule has 2 rings (SSSR count). The molecule has 2 aromatic rings. The van der Waals surface area contributed by atoms with E-state index in [1.807, 2.05) is 44.2 Å². The van der Waals surface area contributed by atoms with Crippen molar-refractivity contribution in [2.75, 3.05) is 20.3 Å². The summed E-state index contributed by atoms with van der Waals surface area (Å²) in [4.78, 5) is 13.6. The minimum atomic E-state index is -0.0986. The first-order chi connectivity index (χ1) is 12.1. The summed E-state index contributed by atoms with van der Waals surface area (Å²) in [7, 11) is 1.62. The van der Waals surface area contributed by atoms with E-state index in [0.717, 1.165) is 17.1 Å². The molecule has 0 aliphatic heterocycles. The van der Waals surface area contributed by atoms with E-state index in [4.69, 9.17) is 9.47 Å². The van der Waals surface area contributed by atoms with Gasteiger partial charge in [0.25, 0.3) is 5.91 Å². The van der Waals surface area contributed by atoms with E-state index in [0.29, 0.717) is 18.8 Å². The van der Waals surface area contributed by atoms with Crippen LogP contribution in [0, 0.1) is 0 Å². The number of hydrogen-bond donors (Lipinski definition) is 1. The van der Waals surface area contributed by atoms with Gasteiger partial charge >= 0.3 is 0 Å². The largest absolute Gasteiger partial charge is 0.494 e. The Morgan fingerprint density at radius 3 is 2.64 bits per heavy atom. The quantitative estimate of drug-likeness (QED) is 0.684. The maximum Gasteiger partial charge on any atom is 0.251 e. The lowest BCUT2D eigenvalue weighted by molar-refractivity contribution is 0.0905. The molecule has 0 unspecified atom stereocenters. The van der Waals surface area contributed by atoms with Crippen molar-refractivity contribution in [3.8, 4) is 5.75 Å². The van der Waals surface area contributed by atoms with E-state index in [1.54, 1.807) is 24.9 Å². The van der Waals surface area contributed by atoms with Gasteiger partial charge in [0, 0.05) is 34.9 Å². The van der Waals surface area contributed by atoms with Crippen molar-refractivity contribution in [1.82, 2.24) is 5.32 Å². The number of carbonyl (C=O) groups excluding carboxylic acids is 1. The molecule has 4 nitrogen and oxygen atoms in total. The standard InChI is InChI=1S/C20H25NO3S/c1-4-24-19-11-10-16(20(22)21-15(2)13-23-3)12-17(19)14-25-18-8-6-5-7-9-18/h5-12,15H,4,13-14H2,1-3H3,(H,21,22)/t15-/m1/s1. The van der Waals surface area contributed by atoms with Crippen molar-refractivity contribution in [3.05, 3.63) is 59.7 Å². The van der Waals surface area contributed by atoms with Crippen molar-refractivity contribution < 1.29 is 14.3 Å². The zero-order valence-corrected chi connectivity index (χ0v) is 15.8. The van der Waals surface area contributed by atoms with Crippen molar-refractivity contribution >= 4 is 17.7 Å². The number of amides is 1. The van der Waals surface area contributed by atoms with Crippen LogP contribution in [-0.4, -0.2) is 32.3 Å². The highest BCUT2D eigenvalue weighted by Gasteiger charge is 2.13. The Balaban J connectivity index is 2.13. The highest BCUT2D eigenvalue weighted by atomic mass is 32.2. The maximum absolute atomic E-state index is 12.4. The number of thioether (sulfide) groups is 1. The lowest BCUT2D eigenvalue weighted by Gasteiger charge is -2.15. The fraction of sp³-hybridized carbons (Fsp3) is 0.350. The summed E-state index contributed by atoms with van der Waals surface area (Å²) in [6.07, 6.45) is 0. The van der Waals surface area contributed by atoms with Crippen LogP contribution < -0.4 is 10.1 Å². The van der Waals surface area contributed by atoms with Crippen LogP contribution in [0.2, 0.25) is 0 Å². The second kappa shape index (κ2) is 10.1. The van der Waals surface area contributed by atoms with Crippen LogP contribution in [0.1, 0.15) is 29.8 Å². The van der Waals surface area contributed by atoms with E-state index >= 15 is 0 Å². The van der Waals surface area contributed by atoms with Gasteiger partial charge in [-0.25, -0.2) is 0 Å². The van der Waals surface area contributed by atoms with Crippen LogP contribution in [0.4, 0.5) is 0 Å². The van der Waals surface area contributed by atoms with Crippen molar-refractivity contribution in [2.45, 2.75) is 30.5 Å². The summed E-state index contributed by atoms with van der Waals surface area (Å²) in [6.45, 7) is 4.96. The van der Waals surface area contributed by atoms with Gasteiger partial charge in [-0.15, -0.1) is 11.8 Å². The van der Waals surface area contributed by atoms with Gasteiger partial charge in [-0.3, -0.25) is 4.79 Å². The number of ether oxygens (including phenoxy) is 2. The van der Waals surface area contributed by atoms with Crippen LogP contribution >= 0.6 is 11.8 Å². The summed E-state index contributed by atoms with van der Waals surface area (Å²) >= 11 is 1.72. The van der Waals surface area contributed by atoms with Gasteiger partial charge in [-0.2, -0.15) is 0 Å². The van der Waals surface area contributed by atoms with Gasteiger partial charge in [0.15, 0.2) is 0 Å². The minimum absolute atomic E-state index is 0.0359. The molecule has 1 N–H and O–H groups in total. The van der Waals surface area contributed by atoms with Gasteiger partial charge in [-0.1, -0.05) is 18.2 Å². The third-order valence-corrected chi connectivity index (χ3v) is 4.62. The number of rotatable bonds is 9. The van der Waals surface area contributed by atoms with E-state index in [1.165, 1.54) is 4.90 Å². The fourth-order valence-corrected chi connectivity index (χ4v) is 3.30. The summed E-state index contributed by atoms with van der Waals surface area (Å²) in [6, 6.07) is 15.8. The molecule has 0 saturated heterocycles. The van der Waals surface area contributed by atoms with Gasteiger partial charge in [0.05, 0.1) is 13.2 Å². The Bertz CT molecular complexity index is 676. The molecule has 0 aliphatic rings. The maximum atomic E-state index is 12.4. The topological polar surface area (TPSA) is 47.6 Å². The third-order valence-electron chi connectivity index (χ3n) is 3.55. The molecular weight excluding hydrogens is 334 g/mol. The lowest BCUT2D eigenvalue weighted by atomic mass is 10.1. The van der Waals surface area contributed by atoms with Gasteiger partial charge < -0.3 is 14.8 Å². The smallest absolute Gasteiger partial charge is 0.251 e. The first-order valence-corrected chi connectivity index (χ1v) is 9.36. The zero-order valence-electron chi connectivity index (χ0n) is 15.0. The van der Waals surface area contributed by atoms with Gasteiger partial charge in [0.2, 0.25) is 0 Å². The van der Waals surface area contributed by atoms with Crippen molar-refractivity contribution in [2.24, 2.45) is 0 Å². The van der Waals surface area contributed by atoms with Crippen molar-refractivity contribution in [3.63, 3.8) is 0 Å². The molecular formula is C20H25NO3S. The molecule has 1 atom stereocenters. The fourth-order valence-electron chi connectivity index (χ4n) is 2.41. The molecule has 0 bridgehead atoms. The van der Waals surface area contributed by atoms with Crippen LogP contribution in [0.25, 0.3) is 0 Å². The molecule has 2 aromatic carbocycles. The molecule has 0 aromatic heterocycles. The highest BCUT2D eigenvalue weighted by molar-refractivity contribution is 7.98. The molecule has 5 heteroatoms. The van der Waals surface area contributed by atoms with Crippen LogP contribution in [0.15, 0.2) is 53.4 Å². The lowest BCUT2D eigenvalue weighted by Crippen LogP contribution is -2.35. The summed E-state index contributed by atoms with van der Waals surface area (Å²) < 4.78 is 10.8. The molecule has 25 heavy (non-hydrogen) atoms. The first-order valence-electron chi connectivity index (χ1n) is 8.37. The number of hydrogen-bond acceptors (Lipinski definition) is 4. The molecule has 0 spiro atoms. The Morgan fingerprint density at radius 1 is 1.20 bits per heavy atom. The van der Waals surface area contributed by atoms with E-state index < -0.39 is 0 Å². The predicted molar refractivity (Wildman–Crippen MR) is 102 cm³/mol. The average molecular weight is 359 g/mol. The van der Waals surface area contributed by atoms with E-state index in [2.05, 4.69) is 17.4 Å². The predicted octanol–water partition coefficient (Wildman–Crippen LogP) is 4.14. The highest BCUT2D eigenvalue weighted by Crippen LogP contribution is 2.29. The Kier molecular flexibility index (Phi) is 7.82. The first kappa shape index (κ1) is 19.3. The summed E-state index contributed by atoms with van der Waals surface area (Å²) in [5.74, 6) is 1.47. The number of benzene rings is 2. The molecule has 0 saturated carbocycles. The van der Waals surface area contributed by atoms with E-state index in [9.17, 15) is 4.79 Å². The second-order valence-electron chi connectivity index (χ2n) is 5.69. The molecule has 1 amide bonds. The van der Waals surface area contributed by atoms with Crippen LogP contribution in [-0.2, 0) is 10.5 Å². The van der Waals surface area contributed by atoms with Crippen molar-refractivity contribution in [1.29, 1.82) is 0 Å². The Hall–Kier alpha value is -1.98. The SMILES string of the molecule is CCOc1ccc(C(=O)N[C@H](C)COC)cc1CSc1ccccc1. The number of methoxy groups -OCH3 is 1. The van der Waals surface area contributed by atoms with E-state index in [-0.39, 0.29) is 11.9 Å². The van der Waals surface area contributed by atoms with Crippen LogP contribution in [0.3, 0.4) is 0 Å². The van der Waals surface area contributed by atoms with Crippen LogP contribution in [0.5, 0.6) is 5.75 Å². The number of nitrogens with one attached hydrogen (secondary N) is 1. The molecule has 0 radical (unpaired) electrons. The Morgan fingerprint density at radius 2 is 1.96 bits per heavy atom. The average Bonchev–Trinajstić information content (AvgIpc) is 2.62. The van der Waals surface area contributed by atoms with Gasteiger partial charge in [-0.05, 0) is 44.2 Å². The summed E-state index contributed by atoms with van der Waals surface area (Å²) in [5.41, 5.74) is 1.65. The number of carbonyl (C=O) groups is 1. The van der Waals surface area contributed by atoms with Gasteiger partial charge in [0.1, 0.15) is 5.75 Å². The monoisotopic (exact) mass is 359 g/mol. The minimum Gasteiger partial charge on any atom is -0.494 e. The second-order valence-corrected chi connectivity index (χ2v) is 6.74. The molecule has 134 valence electrons. The summed E-state index contributed by atoms with van der Waals surface area (Å²) in [5, 5.41) is 2.94. The Labute approximate surface area is 153 Å². The third kappa shape index (κ3) is 6.11.